The highest BCUT2D eigenvalue weighted by atomic mass is 19.2. The number of nitrogens with zero attached hydrogens (tertiary/aromatic N) is 1. The fraction of sp³-hybridized carbons (Fsp3) is 0.412. The van der Waals surface area contributed by atoms with Gasteiger partial charge in [0, 0.05) is 36.2 Å². The van der Waals surface area contributed by atoms with Gasteiger partial charge >= 0.3 is 0 Å². The molecule has 4 rings (SSSR count). The van der Waals surface area contributed by atoms with Crippen LogP contribution in [0.4, 0.5) is 8.78 Å². The number of halogens is 2. The van der Waals surface area contributed by atoms with Crippen molar-refractivity contribution in [2.24, 2.45) is 5.41 Å². The molecule has 1 aliphatic heterocycles. The topological polar surface area (TPSA) is 62.4 Å². The Bertz CT molecular complexity index is 889. The molecule has 2 aliphatic rings. The summed E-state index contributed by atoms with van der Waals surface area (Å²) >= 11 is 0. The molecule has 1 spiro atoms. The van der Waals surface area contributed by atoms with Gasteiger partial charge in [0.05, 0.1) is 18.7 Å². The predicted octanol–water partition coefficient (Wildman–Crippen LogP) is 2.06. The Kier molecular flexibility index (Phi) is 3.42. The van der Waals surface area contributed by atoms with Crippen LogP contribution in [0.2, 0.25) is 0 Å². The van der Waals surface area contributed by atoms with Crippen molar-refractivity contribution in [2.45, 2.75) is 12.8 Å². The van der Waals surface area contributed by atoms with E-state index in [0.29, 0.717) is 26.3 Å². The number of H-pyrrole nitrogens is 1. The summed E-state index contributed by atoms with van der Waals surface area (Å²) < 4.78 is 32.3. The third-order valence-corrected chi connectivity index (χ3v) is 4.84. The van der Waals surface area contributed by atoms with Gasteiger partial charge in [0.25, 0.3) is 5.91 Å². The fourth-order valence-corrected chi connectivity index (χ4v) is 3.19. The second-order valence-electron chi connectivity index (χ2n) is 6.62. The molecule has 1 saturated carbocycles. The summed E-state index contributed by atoms with van der Waals surface area (Å²) in [6, 6.07) is 1.74. The molecule has 126 valence electrons. The Morgan fingerprint density at radius 1 is 1.25 bits per heavy atom. The van der Waals surface area contributed by atoms with Gasteiger partial charge in [-0.05, 0) is 18.9 Å². The van der Waals surface area contributed by atoms with Crippen molar-refractivity contribution < 1.29 is 18.3 Å². The zero-order chi connectivity index (χ0) is 16.9. The van der Waals surface area contributed by atoms with E-state index >= 15 is 0 Å². The molecule has 5 nitrogen and oxygen atoms in total. The van der Waals surface area contributed by atoms with Crippen LogP contribution in [0.5, 0.6) is 0 Å². The van der Waals surface area contributed by atoms with Gasteiger partial charge in [-0.1, -0.05) is 0 Å². The maximum Gasteiger partial charge on any atom is 0.259 e. The summed E-state index contributed by atoms with van der Waals surface area (Å²) in [6.07, 6.45) is 3.29. The zero-order valence-corrected chi connectivity index (χ0v) is 12.9. The quantitative estimate of drug-likeness (QED) is 0.868. The summed E-state index contributed by atoms with van der Waals surface area (Å²) in [4.78, 5) is 29.7. The molecule has 0 bridgehead atoms. The molecule has 2 heterocycles. The van der Waals surface area contributed by atoms with Crippen molar-refractivity contribution >= 4 is 16.8 Å². The summed E-state index contributed by atoms with van der Waals surface area (Å²) in [5.74, 6) is -2.56. The minimum absolute atomic E-state index is 0.0189. The van der Waals surface area contributed by atoms with Gasteiger partial charge in [0.15, 0.2) is 11.6 Å². The van der Waals surface area contributed by atoms with Crippen LogP contribution < -0.4 is 5.43 Å². The second kappa shape index (κ2) is 5.37. The van der Waals surface area contributed by atoms with Crippen molar-refractivity contribution in [1.29, 1.82) is 0 Å². The van der Waals surface area contributed by atoms with E-state index in [4.69, 9.17) is 4.74 Å². The monoisotopic (exact) mass is 334 g/mol. The SMILES string of the molecule is O=C(c1c[nH]c2cc(F)c(F)cc2c1=O)N1CCOCC2(CC2)C1. The van der Waals surface area contributed by atoms with Crippen LogP contribution >= 0.6 is 0 Å². The zero-order valence-electron chi connectivity index (χ0n) is 12.9. The van der Waals surface area contributed by atoms with Gasteiger partial charge in [-0.25, -0.2) is 8.78 Å². The average molecular weight is 334 g/mol. The summed E-state index contributed by atoms with van der Waals surface area (Å²) in [6.45, 7) is 2.03. The first kappa shape index (κ1) is 15.3. The van der Waals surface area contributed by atoms with E-state index in [1.165, 1.54) is 6.20 Å². The Labute approximate surface area is 136 Å². The van der Waals surface area contributed by atoms with Gasteiger partial charge in [0.1, 0.15) is 5.56 Å². The number of hydrogen-bond donors (Lipinski definition) is 1. The number of aromatic nitrogens is 1. The Morgan fingerprint density at radius 3 is 2.75 bits per heavy atom. The Balaban J connectivity index is 1.73. The molecule has 0 unspecified atom stereocenters. The number of benzene rings is 1. The number of fused-ring (bicyclic) bond motifs is 1. The normalized spacial score (nSPS) is 19.5. The van der Waals surface area contributed by atoms with E-state index in [1.807, 2.05) is 0 Å². The summed E-state index contributed by atoms with van der Waals surface area (Å²) in [5.41, 5.74) is -0.479. The first-order valence-electron chi connectivity index (χ1n) is 7.87. The lowest BCUT2D eigenvalue weighted by Gasteiger charge is -2.23. The van der Waals surface area contributed by atoms with Gasteiger partial charge in [-0.15, -0.1) is 0 Å². The Hall–Kier alpha value is -2.28. The van der Waals surface area contributed by atoms with Crippen molar-refractivity contribution in [2.75, 3.05) is 26.3 Å². The van der Waals surface area contributed by atoms with Crippen LogP contribution in [0, 0.1) is 17.0 Å². The highest BCUT2D eigenvalue weighted by Gasteiger charge is 2.46. The second-order valence-corrected chi connectivity index (χ2v) is 6.62. The van der Waals surface area contributed by atoms with Gasteiger partial charge in [-0.2, -0.15) is 0 Å². The molecule has 7 heteroatoms. The molecule has 2 aromatic rings. The van der Waals surface area contributed by atoms with Crippen LogP contribution in [-0.2, 0) is 4.74 Å². The van der Waals surface area contributed by atoms with Gasteiger partial charge in [-0.3, -0.25) is 9.59 Å². The number of rotatable bonds is 1. The minimum atomic E-state index is -1.11. The fourth-order valence-electron chi connectivity index (χ4n) is 3.19. The molecule has 1 aromatic carbocycles. The number of carbonyl (C=O) groups is 1. The van der Waals surface area contributed by atoms with E-state index in [9.17, 15) is 18.4 Å². The molecule has 0 radical (unpaired) electrons. The van der Waals surface area contributed by atoms with Crippen molar-refractivity contribution in [3.8, 4) is 0 Å². The van der Waals surface area contributed by atoms with Gasteiger partial charge < -0.3 is 14.6 Å². The molecule has 1 saturated heterocycles. The largest absolute Gasteiger partial charge is 0.379 e. The standard InChI is InChI=1S/C17H16F2N2O3/c18-12-5-10-14(6-13(12)19)20-7-11(15(10)22)16(23)21-3-4-24-9-17(8-21)1-2-17/h5-7H,1-4,8-9H2,(H,20,22). The van der Waals surface area contributed by atoms with E-state index in [2.05, 4.69) is 4.98 Å². The number of hydrogen-bond acceptors (Lipinski definition) is 3. The number of nitrogens with one attached hydrogen (secondary N) is 1. The molecular weight excluding hydrogens is 318 g/mol. The van der Waals surface area contributed by atoms with E-state index in [1.54, 1.807) is 4.90 Å². The lowest BCUT2D eigenvalue weighted by atomic mass is 10.1. The van der Waals surface area contributed by atoms with E-state index in [-0.39, 0.29) is 21.9 Å². The van der Waals surface area contributed by atoms with E-state index in [0.717, 1.165) is 25.0 Å². The van der Waals surface area contributed by atoms with E-state index < -0.39 is 23.0 Å². The molecule has 24 heavy (non-hydrogen) atoms. The summed E-state index contributed by atoms with van der Waals surface area (Å²) in [5, 5.41) is -0.0352. The number of carbonyl (C=O) groups excluding carboxylic acids is 1. The molecule has 1 aromatic heterocycles. The maximum absolute atomic E-state index is 13.4. The third kappa shape index (κ3) is 2.49. The highest BCUT2D eigenvalue weighted by molar-refractivity contribution is 5.97. The molecule has 1 aliphatic carbocycles. The molecular formula is C17H16F2N2O3. The molecule has 1 N–H and O–H groups in total. The molecule has 0 atom stereocenters. The lowest BCUT2D eigenvalue weighted by molar-refractivity contribution is 0.0733. The number of amides is 1. The number of aromatic amines is 1. The van der Waals surface area contributed by atoms with Gasteiger partial charge in [0.2, 0.25) is 5.43 Å². The summed E-state index contributed by atoms with van der Waals surface area (Å²) in [7, 11) is 0. The molecule has 2 fully saturated rings. The molecule has 1 amide bonds. The van der Waals surface area contributed by atoms with Crippen molar-refractivity contribution in [1.82, 2.24) is 9.88 Å². The van der Waals surface area contributed by atoms with Crippen LogP contribution in [0.1, 0.15) is 23.2 Å². The van der Waals surface area contributed by atoms with Crippen LogP contribution in [0.15, 0.2) is 23.1 Å². The minimum Gasteiger partial charge on any atom is -0.379 e. The smallest absolute Gasteiger partial charge is 0.259 e. The number of pyridine rings is 1. The van der Waals surface area contributed by atoms with Crippen LogP contribution in [-0.4, -0.2) is 42.1 Å². The van der Waals surface area contributed by atoms with Crippen LogP contribution in [0.25, 0.3) is 10.9 Å². The maximum atomic E-state index is 13.4. The predicted molar refractivity (Wildman–Crippen MR) is 82.9 cm³/mol. The third-order valence-electron chi connectivity index (χ3n) is 4.84. The Morgan fingerprint density at radius 2 is 2.00 bits per heavy atom. The van der Waals surface area contributed by atoms with Crippen LogP contribution in [0.3, 0.4) is 0 Å². The average Bonchev–Trinajstić information content (AvgIpc) is 3.35. The first-order valence-corrected chi connectivity index (χ1v) is 7.87. The first-order chi connectivity index (χ1) is 11.5. The lowest BCUT2D eigenvalue weighted by Crippen LogP contribution is -2.38. The number of ether oxygens (including phenoxy) is 1. The van der Waals surface area contributed by atoms with Crippen molar-refractivity contribution in [3.63, 3.8) is 0 Å². The highest BCUT2D eigenvalue weighted by Crippen LogP contribution is 2.47. The van der Waals surface area contributed by atoms with Crippen molar-refractivity contribution in [3.05, 3.63) is 45.8 Å².